The molecule has 1 aliphatic carbocycles. The van der Waals surface area contributed by atoms with Gasteiger partial charge in [-0.3, -0.25) is 9.78 Å². The predicted octanol–water partition coefficient (Wildman–Crippen LogP) is 5.14. The zero-order valence-corrected chi connectivity index (χ0v) is 16.0. The van der Waals surface area contributed by atoms with E-state index in [1.54, 1.807) is 11.3 Å². The molecule has 0 atom stereocenters. The van der Waals surface area contributed by atoms with Crippen molar-refractivity contribution in [2.75, 3.05) is 11.9 Å². The average molecular weight is 372 g/mol. The number of aromatic nitrogens is 1. The Hall–Kier alpha value is -2.72. The molecule has 0 bridgehead atoms. The molecule has 5 rings (SSSR count). The molecule has 1 aromatic carbocycles. The van der Waals surface area contributed by atoms with Crippen molar-refractivity contribution in [3.63, 3.8) is 0 Å². The first-order valence-corrected chi connectivity index (χ1v) is 10.2. The molecule has 2 aromatic heterocycles. The number of rotatable bonds is 2. The Kier molecular flexibility index (Phi) is 3.94. The van der Waals surface area contributed by atoms with Crippen molar-refractivity contribution in [3.8, 4) is 11.1 Å². The van der Waals surface area contributed by atoms with Crippen LogP contribution in [0.5, 0.6) is 0 Å². The Bertz CT molecular complexity index is 1080. The second-order valence-electron chi connectivity index (χ2n) is 7.19. The van der Waals surface area contributed by atoms with Gasteiger partial charge < -0.3 is 5.32 Å². The number of nitrogens with one attached hydrogen (secondary N) is 1. The molecule has 3 nitrogen and oxygen atoms in total. The van der Waals surface area contributed by atoms with Crippen LogP contribution in [-0.2, 0) is 17.6 Å². The standard InChI is InChI=1S/C23H20N2OS/c1-14-20(13-25-21-5-2-8-24-23(14)21)15-6-7-16-11-22(26)19(18(16)10-15)12-17-4-3-9-27-17/h3-4,6-7,9-10,12-13,24H,2,5,8,11H2,1H3/b19-12-. The van der Waals surface area contributed by atoms with Gasteiger partial charge in [-0.2, -0.15) is 0 Å². The third-order valence-electron chi connectivity index (χ3n) is 5.50. The van der Waals surface area contributed by atoms with E-state index in [2.05, 4.69) is 36.5 Å². The number of Topliss-reactive ketones (excluding diaryl/α,β-unsaturated/α-hetero) is 1. The molecule has 0 saturated carbocycles. The summed E-state index contributed by atoms with van der Waals surface area (Å²) in [6.07, 6.45) is 6.69. The molecule has 0 saturated heterocycles. The van der Waals surface area contributed by atoms with Gasteiger partial charge in [-0.25, -0.2) is 0 Å². The van der Waals surface area contributed by atoms with E-state index in [9.17, 15) is 4.79 Å². The van der Waals surface area contributed by atoms with Crippen LogP contribution in [0, 0.1) is 6.92 Å². The van der Waals surface area contributed by atoms with Crippen LogP contribution in [0.3, 0.4) is 0 Å². The fourth-order valence-electron chi connectivity index (χ4n) is 4.08. The highest BCUT2D eigenvalue weighted by Gasteiger charge is 2.25. The Labute approximate surface area is 162 Å². The van der Waals surface area contributed by atoms with Crippen molar-refractivity contribution in [2.24, 2.45) is 0 Å². The van der Waals surface area contributed by atoms with Gasteiger partial charge in [0.2, 0.25) is 0 Å². The third-order valence-corrected chi connectivity index (χ3v) is 6.32. The molecule has 0 spiro atoms. The molecule has 3 aromatic rings. The molecular formula is C23H20N2OS. The van der Waals surface area contributed by atoms with Gasteiger partial charge in [0.1, 0.15) is 0 Å². The summed E-state index contributed by atoms with van der Waals surface area (Å²) in [5.74, 6) is 0.206. The Morgan fingerprint density at radius 1 is 1.22 bits per heavy atom. The quantitative estimate of drug-likeness (QED) is 0.633. The lowest BCUT2D eigenvalue weighted by Gasteiger charge is -2.21. The molecular weight excluding hydrogens is 352 g/mol. The number of pyridine rings is 1. The smallest absolute Gasteiger partial charge is 0.167 e. The maximum atomic E-state index is 12.6. The molecule has 27 heavy (non-hydrogen) atoms. The number of carbonyl (C=O) groups is 1. The number of ketones is 1. The first-order chi connectivity index (χ1) is 13.2. The number of benzene rings is 1. The first kappa shape index (κ1) is 16.5. The molecule has 0 radical (unpaired) electrons. The Morgan fingerprint density at radius 2 is 2.15 bits per heavy atom. The van der Waals surface area contributed by atoms with E-state index in [0.29, 0.717) is 6.42 Å². The fourth-order valence-corrected chi connectivity index (χ4v) is 4.74. The van der Waals surface area contributed by atoms with E-state index in [1.165, 1.54) is 11.3 Å². The van der Waals surface area contributed by atoms with Crippen LogP contribution in [0.15, 0.2) is 41.9 Å². The lowest BCUT2D eigenvalue weighted by Crippen LogP contribution is -2.14. The van der Waals surface area contributed by atoms with Gasteiger partial charge in [0.25, 0.3) is 0 Å². The predicted molar refractivity (Wildman–Crippen MR) is 112 cm³/mol. The number of aryl methyl sites for hydroxylation is 1. The second-order valence-corrected chi connectivity index (χ2v) is 8.17. The number of nitrogens with zero attached hydrogens (tertiary/aromatic N) is 1. The zero-order chi connectivity index (χ0) is 18.4. The second kappa shape index (κ2) is 6.46. The van der Waals surface area contributed by atoms with Gasteiger partial charge in [-0.05, 0) is 65.6 Å². The van der Waals surface area contributed by atoms with Crippen molar-refractivity contribution in [1.29, 1.82) is 0 Å². The maximum absolute atomic E-state index is 12.6. The number of fused-ring (bicyclic) bond motifs is 2. The van der Waals surface area contributed by atoms with Crippen LogP contribution >= 0.6 is 11.3 Å². The highest BCUT2D eigenvalue weighted by Crippen LogP contribution is 2.37. The van der Waals surface area contributed by atoms with Crippen LogP contribution < -0.4 is 5.32 Å². The van der Waals surface area contributed by atoms with Gasteiger partial charge in [0, 0.05) is 35.2 Å². The molecule has 1 N–H and O–H groups in total. The van der Waals surface area contributed by atoms with E-state index in [1.807, 2.05) is 23.7 Å². The van der Waals surface area contributed by atoms with Crippen molar-refractivity contribution in [3.05, 3.63) is 69.2 Å². The van der Waals surface area contributed by atoms with Gasteiger partial charge in [0.05, 0.1) is 11.4 Å². The number of hydrogen-bond donors (Lipinski definition) is 1. The first-order valence-electron chi connectivity index (χ1n) is 9.35. The minimum Gasteiger partial charge on any atom is -0.383 e. The lowest BCUT2D eigenvalue weighted by atomic mass is 9.94. The average Bonchev–Trinajstić information content (AvgIpc) is 3.31. The largest absolute Gasteiger partial charge is 0.383 e. The van der Waals surface area contributed by atoms with Crippen LogP contribution in [0.2, 0.25) is 0 Å². The number of anilines is 1. The number of thiophene rings is 1. The summed E-state index contributed by atoms with van der Waals surface area (Å²) in [6, 6.07) is 10.5. The number of hydrogen-bond acceptors (Lipinski definition) is 4. The molecule has 0 amide bonds. The monoisotopic (exact) mass is 372 g/mol. The van der Waals surface area contributed by atoms with E-state index < -0.39 is 0 Å². The summed E-state index contributed by atoms with van der Waals surface area (Å²) < 4.78 is 0. The summed E-state index contributed by atoms with van der Waals surface area (Å²) in [6.45, 7) is 3.17. The van der Waals surface area contributed by atoms with E-state index >= 15 is 0 Å². The number of allylic oxidation sites excluding steroid dienone is 1. The zero-order valence-electron chi connectivity index (χ0n) is 15.2. The minimum atomic E-state index is 0.206. The molecule has 0 fully saturated rings. The van der Waals surface area contributed by atoms with Crippen molar-refractivity contribution < 1.29 is 4.79 Å². The van der Waals surface area contributed by atoms with Crippen molar-refractivity contribution in [2.45, 2.75) is 26.2 Å². The fraction of sp³-hybridized carbons (Fsp3) is 0.217. The van der Waals surface area contributed by atoms with E-state index in [4.69, 9.17) is 4.98 Å². The highest BCUT2D eigenvalue weighted by atomic mass is 32.1. The van der Waals surface area contributed by atoms with Gasteiger partial charge in [0.15, 0.2) is 5.78 Å². The molecule has 3 heterocycles. The summed E-state index contributed by atoms with van der Waals surface area (Å²) in [7, 11) is 0. The highest BCUT2D eigenvalue weighted by molar-refractivity contribution is 7.11. The van der Waals surface area contributed by atoms with Gasteiger partial charge in [-0.1, -0.05) is 18.2 Å². The normalized spacial score (nSPS) is 16.9. The molecule has 134 valence electrons. The minimum absolute atomic E-state index is 0.206. The third kappa shape index (κ3) is 2.81. The molecule has 4 heteroatoms. The van der Waals surface area contributed by atoms with Gasteiger partial charge >= 0.3 is 0 Å². The lowest BCUT2D eigenvalue weighted by molar-refractivity contribution is -0.112. The van der Waals surface area contributed by atoms with Crippen molar-refractivity contribution >= 4 is 34.5 Å². The van der Waals surface area contributed by atoms with Gasteiger partial charge in [-0.15, -0.1) is 11.3 Å². The molecule has 2 aliphatic rings. The summed E-state index contributed by atoms with van der Waals surface area (Å²) in [5.41, 5.74) is 8.87. The Morgan fingerprint density at radius 3 is 3.00 bits per heavy atom. The summed E-state index contributed by atoms with van der Waals surface area (Å²) >= 11 is 1.66. The van der Waals surface area contributed by atoms with Crippen LogP contribution in [0.1, 0.15) is 33.7 Å². The van der Waals surface area contributed by atoms with Crippen LogP contribution in [0.4, 0.5) is 5.69 Å². The summed E-state index contributed by atoms with van der Waals surface area (Å²) in [4.78, 5) is 18.4. The Balaban J connectivity index is 1.61. The van der Waals surface area contributed by atoms with Crippen molar-refractivity contribution in [1.82, 2.24) is 4.98 Å². The SMILES string of the molecule is Cc1c(-c2ccc3c(c2)/C(=C/c2cccs2)C(=O)C3)cnc2c1NCCC2. The topological polar surface area (TPSA) is 42.0 Å². The van der Waals surface area contributed by atoms with Crippen LogP contribution in [-0.4, -0.2) is 17.3 Å². The van der Waals surface area contributed by atoms with Crippen LogP contribution in [0.25, 0.3) is 22.8 Å². The van der Waals surface area contributed by atoms with E-state index in [-0.39, 0.29) is 5.78 Å². The summed E-state index contributed by atoms with van der Waals surface area (Å²) in [5, 5.41) is 5.55. The molecule has 0 unspecified atom stereocenters. The molecule has 1 aliphatic heterocycles. The number of carbonyl (C=O) groups excluding carboxylic acids is 1. The van der Waals surface area contributed by atoms with E-state index in [0.717, 1.165) is 57.8 Å². The maximum Gasteiger partial charge on any atom is 0.167 e.